The highest BCUT2D eigenvalue weighted by Crippen LogP contribution is 2.38. The van der Waals surface area contributed by atoms with Crippen LogP contribution in [0.4, 0.5) is 0 Å². The molecule has 0 aromatic heterocycles. The zero-order valence-corrected chi connectivity index (χ0v) is 50.8. The van der Waals surface area contributed by atoms with E-state index in [1.165, 1.54) is 283 Å². The Labute approximate surface area is 456 Å². The van der Waals surface area contributed by atoms with Gasteiger partial charge in [0.25, 0.3) is 7.82 Å². The van der Waals surface area contributed by atoms with E-state index in [0.717, 1.165) is 38.5 Å². The summed E-state index contributed by atoms with van der Waals surface area (Å²) in [5.74, 6) is -0.191. The van der Waals surface area contributed by atoms with Gasteiger partial charge in [0, 0.05) is 6.42 Å². The van der Waals surface area contributed by atoms with Crippen LogP contribution in [-0.4, -0.2) is 68.5 Å². The van der Waals surface area contributed by atoms with Gasteiger partial charge < -0.3 is 28.8 Å². The Kier molecular flexibility index (Phi) is 55.4. The van der Waals surface area contributed by atoms with Crippen molar-refractivity contribution in [2.24, 2.45) is 0 Å². The summed E-state index contributed by atoms with van der Waals surface area (Å²) in [7, 11) is 1.28. The summed E-state index contributed by atoms with van der Waals surface area (Å²) in [4.78, 5) is 25.5. The quantitative estimate of drug-likeness (QED) is 0.0272. The van der Waals surface area contributed by atoms with Crippen LogP contribution in [0, 0.1) is 0 Å². The lowest BCUT2D eigenvalue weighted by atomic mass is 10.0. The third-order valence-electron chi connectivity index (χ3n) is 15.2. The summed E-state index contributed by atoms with van der Waals surface area (Å²) in [6, 6.07) is -0.881. The first-order chi connectivity index (χ1) is 35.5. The molecule has 0 rings (SSSR count). The first-order valence-electron chi connectivity index (χ1n) is 32.6. The van der Waals surface area contributed by atoms with Crippen molar-refractivity contribution >= 4 is 13.7 Å². The lowest BCUT2D eigenvalue weighted by molar-refractivity contribution is -0.870. The summed E-state index contributed by atoms with van der Waals surface area (Å²) < 4.78 is 23.3. The number of rotatable bonds is 61. The number of allylic oxidation sites excluding steroid dienone is 1. The van der Waals surface area contributed by atoms with Crippen LogP contribution in [-0.2, 0) is 18.4 Å². The van der Waals surface area contributed by atoms with E-state index in [1.807, 2.05) is 27.2 Å². The number of aliphatic hydroxyl groups excluding tert-OH is 1. The number of nitrogens with zero attached hydrogens (tertiary/aromatic N) is 1. The van der Waals surface area contributed by atoms with E-state index in [4.69, 9.17) is 9.05 Å². The van der Waals surface area contributed by atoms with Crippen molar-refractivity contribution in [3.8, 4) is 0 Å². The SMILES string of the molecule is CCCCCCCCCCCC/C=C/C(O)C(COP(=O)([O-])OCC[N+](C)(C)C)NC(=O)CCCCCCCCCCCCCCCCCCCCCCCCCCCCCCCCCCCCCCCCC. The largest absolute Gasteiger partial charge is 0.756 e. The highest BCUT2D eigenvalue weighted by molar-refractivity contribution is 7.45. The van der Waals surface area contributed by atoms with E-state index < -0.39 is 20.0 Å². The van der Waals surface area contributed by atoms with Gasteiger partial charge in [-0.05, 0) is 19.3 Å². The van der Waals surface area contributed by atoms with Crippen LogP contribution in [0.1, 0.15) is 341 Å². The molecule has 3 unspecified atom stereocenters. The minimum Gasteiger partial charge on any atom is -0.756 e. The lowest BCUT2D eigenvalue weighted by Gasteiger charge is -2.29. The van der Waals surface area contributed by atoms with Gasteiger partial charge in [-0.25, -0.2) is 0 Å². The second-order valence-electron chi connectivity index (χ2n) is 23.8. The molecule has 0 aliphatic heterocycles. The Bertz CT molecular complexity index is 1200. The number of carbonyl (C=O) groups is 1. The molecule has 0 fully saturated rings. The number of hydrogen-bond donors (Lipinski definition) is 2. The normalized spacial score (nSPS) is 13.8. The molecule has 3 atom stereocenters. The van der Waals surface area contributed by atoms with Crippen molar-refractivity contribution in [1.82, 2.24) is 5.32 Å². The lowest BCUT2D eigenvalue weighted by Crippen LogP contribution is -2.45. The molecule has 2 N–H and O–H groups in total. The van der Waals surface area contributed by atoms with Gasteiger partial charge in [-0.3, -0.25) is 9.36 Å². The number of amides is 1. The first kappa shape index (κ1) is 72.2. The third-order valence-corrected chi connectivity index (χ3v) is 16.2. The monoisotopic (exact) mass is 1050 g/mol. The fraction of sp³-hybridized carbons (Fsp3) is 0.953. The molecule has 436 valence electrons. The van der Waals surface area contributed by atoms with Crippen LogP contribution in [0.3, 0.4) is 0 Å². The van der Waals surface area contributed by atoms with Gasteiger partial charge in [-0.1, -0.05) is 328 Å². The van der Waals surface area contributed by atoms with E-state index in [0.29, 0.717) is 17.4 Å². The molecular formula is C64H129N2O6P. The second-order valence-corrected chi connectivity index (χ2v) is 25.2. The average molecular weight is 1050 g/mol. The molecule has 0 heterocycles. The minimum atomic E-state index is -4.59. The van der Waals surface area contributed by atoms with Gasteiger partial charge in [-0.2, -0.15) is 0 Å². The molecule has 0 saturated carbocycles. The van der Waals surface area contributed by atoms with E-state index >= 15 is 0 Å². The number of unbranched alkanes of at least 4 members (excludes halogenated alkanes) is 48. The average Bonchev–Trinajstić information content (AvgIpc) is 3.35. The van der Waals surface area contributed by atoms with Crippen molar-refractivity contribution < 1.29 is 32.9 Å². The topological polar surface area (TPSA) is 108 Å². The molecule has 73 heavy (non-hydrogen) atoms. The van der Waals surface area contributed by atoms with Gasteiger partial charge in [0.2, 0.25) is 5.91 Å². The van der Waals surface area contributed by atoms with Crippen LogP contribution < -0.4 is 10.2 Å². The Balaban J connectivity index is 3.80. The van der Waals surface area contributed by atoms with E-state index in [-0.39, 0.29) is 19.1 Å². The van der Waals surface area contributed by atoms with Crippen molar-refractivity contribution in [2.45, 2.75) is 353 Å². The standard InChI is InChI=1S/C64H129N2O6P/c1-6-8-10-12-14-16-18-20-21-22-23-24-25-26-27-28-29-30-31-32-33-34-35-36-37-38-39-40-41-42-43-44-45-46-48-50-52-54-56-58-64(68)65-62(61-72-73(69,70)71-60-59-66(3,4)5)63(67)57-55-53-51-49-47-19-17-15-13-11-9-7-2/h55,57,62-63,67H,6-54,56,58-61H2,1-5H3,(H-,65,68,69,70)/b57-55+. The maximum atomic E-state index is 12.9. The second kappa shape index (κ2) is 56.0. The van der Waals surface area contributed by atoms with Crippen molar-refractivity contribution in [3.63, 3.8) is 0 Å². The zero-order chi connectivity index (χ0) is 53.5. The number of hydrogen-bond acceptors (Lipinski definition) is 6. The maximum absolute atomic E-state index is 12.9. The van der Waals surface area contributed by atoms with Gasteiger partial charge in [0.15, 0.2) is 0 Å². The number of likely N-dealkylation sites (N-methyl/N-ethyl adjacent to an activating group) is 1. The number of nitrogens with one attached hydrogen (secondary N) is 1. The number of phosphoric ester groups is 1. The molecule has 0 aromatic rings. The Morgan fingerprint density at radius 3 is 1.03 bits per heavy atom. The summed E-state index contributed by atoms with van der Waals surface area (Å²) in [6.07, 6.45) is 70.6. The van der Waals surface area contributed by atoms with Crippen LogP contribution in [0.25, 0.3) is 0 Å². The van der Waals surface area contributed by atoms with Crippen molar-refractivity contribution in [2.75, 3.05) is 40.9 Å². The molecule has 0 radical (unpaired) electrons. The van der Waals surface area contributed by atoms with Crippen molar-refractivity contribution in [1.29, 1.82) is 0 Å². The maximum Gasteiger partial charge on any atom is 0.268 e. The number of phosphoric acid groups is 1. The van der Waals surface area contributed by atoms with Crippen LogP contribution in [0.15, 0.2) is 12.2 Å². The molecule has 9 heteroatoms. The molecule has 8 nitrogen and oxygen atoms in total. The van der Waals surface area contributed by atoms with E-state index in [2.05, 4.69) is 19.2 Å². The smallest absolute Gasteiger partial charge is 0.268 e. The number of quaternary nitrogens is 1. The van der Waals surface area contributed by atoms with E-state index in [1.54, 1.807) is 6.08 Å². The highest BCUT2D eigenvalue weighted by Gasteiger charge is 2.23. The summed E-state index contributed by atoms with van der Waals surface area (Å²) in [5.41, 5.74) is 0. The molecular weight excluding hydrogens is 924 g/mol. The predicted octanol–water partition coefficient (Wildman–Crippen LogP) is 19.5. The Morgan fingerprint density at radius 1 is 0.466 bits per heavy atom. The summed E-state index contributed by atoms with van der Waals surface area (Å²) in [5, 5.41) is 13.8. The Morgan fingerprint density at radius 2 is 0.740 bits per heavy atom. The molecule has 0 saturated heterocycles. The molecule has 0 aliphatic carbocycles. The fourth-order valence-electron chi connectivity index (χ4n) is 10.2. The molecule has 0 bridgehead atoms. The number of aliphatic hydroxyl groups is 1. The van der Waals surface area contributed by atoms with Gasteiger partial charge in [0.1, 0.15) is 13.2 Å². The molecule has 1 amide bonds. The fourth-order valence-corrected chi connectivity index (χ4v) is 10.9. The highest BCUT2D eigenvalue weighted by atomic mass is 31.2. The predicted molar refractivity (Wildman–Crippen MR) is 316 cm³/mol. The minimum absolute atomic E-state index is 0.00239. The van der Waals surface area contributed by atoms with Crippen LogP contribution >= 0.6 is 7.82 Å². The molecule has 0 aliphatic rings. The third kappa shape index (κ3) is 58.8. The van der Waals surface area contributed by atoms with Gasteiger partial charge >= 0.3 is 0 Å². The van der Waals surface area contributed by atoms with Crippen LogP contribution in [0.2, 0.25) is 0 Å². The van der Waals surface area contributed by atoms with Gasteiger partial charge in [-0.15, -0.1) is 0 Å². The van der Waals surface area contributed by atoms with Crippen molar-refractivity contribution in [3.05, 3.63) is 12.2 Å². The van der Waals surface area contributed by atoms with Crippen LogP contribution in [0.5, 0.6) is 0 Å². The molecule has 0 aromatic carbocycles. The van der Waals surface area contributed by atoms with E-state index in [9.17, 15) is 19.4 Å². The number of carbonyl (C=O) groups excluding carboxylic acids is 1. The summed E-state index contributed by atoms with van der Waals surface area (Å²) in [6.45, 7) is 4.68. The zero-order valence-electron chi connectivity index (χ0n) is 49.9. The first-order valence-corrected chi connectivity index (χ1v) is 34.0. The summed E-state index contributed by atoms with van der Waals surface area (Å²) >= 11 is 0. The molecule has 0 spiro atoms. The van der Waals surface area contributed by atoms with Gasteiger partial charge in [0.05, 0.1) is 39.9 Å². The Hall–Kier alpha value is -0.760.